The molecule has 1 aromatic carbocycles. The third-order valence-electron chi connectivity index (χ3n) is 2.30. The molecule has 18 heavy (non-hydrogen) atoms. The molecule has 102 valence electrons. The first-order valence-corrected chi connectivity index (χ1v) is 7.23. The van der Waals surface area contributed by atoms with Crippen LogP contribution in [-0.2, 0) is 22.4 Å². The quantitative estimate of drug-likeness (QED) is 0.912. The Balaban J connectivity index is 2.70. The zero-order valence-electron chi connectivity index (χ0n) is 9.74. The van der Waals surface area contributed by atoms with E-state index in [1.807, 2.05) is 0 Å². The zero-order chi connectivity index (χ0) is 14.0. The van der Waals surface area contributed by atoms with E-state index in [-0.39, 0.29) is 12.2 Å². The van der Waals surface area contributed by atoms with Crippen LogP contribution in [0.15, 0.2) is 24.3 Å². The summed E-state index contributed by atoms with van der Waals surface area (Å²) in [4.78, 5) is 0. The molecular weight excluding hydrogens is 267 g/mol. The summed E-state index contributed by atoms with van der Waals surface area (Å²) in [5.41, 5.74) is 5.46. The van der Waals surface area contributed by atoms with Gasteiger partial charge < -0.3 is 5.73 Å². The monoisotopic (exact) mass is 281 g/mol. The molecule has 0 aliphatic carbocycles. The third kappa shape index (κ3) is 5.05. The lowest BCUT2D eigenvalue weighted by Crippen LogP contribution is -2.31. The van der Waals surface area contributed by atoms with Crippen LogP contribution in [0.25, 0.3) is 0 Å². The van der Waals surface area contributed by atoms with Crippen LogP contribution in [0.1, 0.15) is 11.1 Å². The second-order valence-electron chi connectivity index (χ2n) is 4.25. The second kappa shape index (κ2) is 5.27. The largest absolute Gasteiger partial charge is 0.416 e. The Kier molecular flexibility index (Phi) is 4.39. The number of alkyl halides is 3. The fourth-order valence-electron chi connectivity index (χ4n) is 1.58. The molecule has 7 heteroatoms. The molecule has 0 heterocycles. The highest BCUT2D eigenvalue weighted by atomic mass is 32.2. The first-order chi connectivity index (χ1) is 8.08. The van der Waals surface area contributed by atoms with Gasteiger partial charge in [-0.1, -0.05) is 12.1 Å². The van der Waals surface area contributed by atoms with Crippen molar-refractivity contribution >= 4 is 9.84 Å². The molecule has 0 fully saturated rings. The minimum Gasteiger partial charge on any atom is -0.326 e. The van der Waals surface area contributed by atoms with Crippen molar-refractivity contribution in [1.82, 2.24) is 0 Å². The van der Waals surface area contributed by atoms with Gasteiger partial charge in [0, 0.05) is 12.3 Å². The van der Waals surface area contributed by atoms with Crippen molar-refractivity contribution in [3.63, 3.8) is 0 Å². The van der Waals surface area contributed by atoms with E-state index in [0.717, 1.165) is 18.4 Å². The lowest BCUT2D eigenvalue weighted by molar-refractivity contribution is -0.137. The number of benzene rings is 1. The van der Waals surface area contributed by atoms with E-state index in [9.17, 15) is 21.6 Å². The van der Waals surface area contributed by atoms with Gasteiger partial charge in [0.05, 0.1) is 11.3 Å². The molecule has 0 aromatic heterocycles. The van der Waals surface area contributed by atoms with Gasteiger partial charge in [-0.2, -0.15) is 13.2 Å². The fraction of sp³-hybridized carbons (Fsp3) is 0.455. The van der Waals surface area contributed by atoms with Gasteiger partial charge in [0.15, 0.2) is 0 Å². The molecule has 0 saturated carbocycles. The molecular formula is C11H14F3NO2S. The van der Waals surface area contributed by atoms with E-state index in [4.69, 9.17) is 5.73 Å². The first kappa shape index (κ1) is 15.0. The molecule has 0 amide bonds. The van der Waals surface area contributed by atoms with Gasteiger partial charge >= 0.3 is 6.18 Å². The van der Waals surface area contributed by atoms with Crippen LogP contribution in [0.4, 0.5) is 13.2 Å². The molecule has 0 bridgehead atoms. The minimum atomic E-state index is -4.37. The summed E-state index contributed by atoms with van der Waals surface area (Å²) in [6.07, 6.45) is -3.07. The molecule has 0 saturated heterocycles. The normalized spacial score (nSPS) is 14.5. The summed E-state index contributed by atoms with van der Waals surface area (Å²) in [5.74, 6) is -0.186. The van der Waals surface area contributed by atoms with Crippen LogP contribution in [0.2, 0.25) is 0 Å². The van der Waals surface area contributed by atoms with E-state index < -0.39 is 27.6 Å². The van der Waals surface area contributed by atoms with Gasteiger partial charge in [-0.15, -0.1) is 0 Å². The number of rotatable bonds is 4. The molecule has 3 nitrogen and oxygen atoms in total. The Morgan fingerprint density at radius 1 is 1.22 bits per heavy atom. The smallest absolute Gasteiger partial charge is 0.326 e. The molecule has 1 rings (SSSR count). The Hall–Kier alpha value is -1.08. The van der Waals surface area contributed by atoms with Gasteiger partial charge in [-0.05, 0) is 24.1 Å². The highest BCUT2D eigenvalue weighted by molar-refractivity contribution is 7.90. The van der Waals surface area contributed by atoms with Crippen LogP contribution >= 0.6 is 0 Å². The molecule has 1 aromatic rings. The molecule has 1 atom stereocenters. The second-order valence-corrected chi connectivity index (χ2v) is 6.44. The van der Waals surface area contributed by atoms with Crippen molar-refractivity contribution in [2.24, 2.45) is 5.73 Å². The van der Waals surface area contributed by atoms with Crippen LogP contribution < -0.4 is 5.73 Å². The van der Waals surface area contributed by atoms with Gasteiger partial charge in [-0.3, -0.25) is 0 Å². The Morgan fingerprint density at radius 3 is 2.11 bits per heavy atom. The molecule has 0 aliphatic rings. The third-order valence-corrected chi connectivity index (χ3v) is 3.33. The summed E-state index contributed by atoms with van der Waals surface area (Å²) in [7, 11) is -3.18. The standard InChI is InChI=1S/C11H14F3NO2S/c1-18(16,17)7-10(15)6-8-2-4-9(5-3-8)11(12,13)14/h2-5,10H,6-7,15H2,1H3. The fourth-order valence-corrected chi connectivity index (χ4v) is 2.48. The van der Waals surface area contributed by atoms with Crippen LogP contribution in [0, 0.1) is 0 Å². The summed E-state index contributed by atoms with van der Waals surface area (Å²) in [6.45, 7) is 0. The Morgan fingerprint density at radius 2 is 1.72 bits per heavy atom. The summed E-state index contributed by atoms with van der Waals surface area (Å²) in [5, 5.41) is 0. The average Bonchev–Trinajstić information content (AvgIpc) is 2.13. The lowest BCUT2D eigenvalue weighted by atomic mass is 10.1. The number of sulfone groups is 1. The predicted octanol–water partition coefficient (Wildman–Crippen LogP) is 1.62. The molecule has 0 aliphatic heterocycles. The molecule has 0 spiro atoms. The summed E-state index contributed by atoms with van der Waals surface area (Å²) in [6, 6.07) is 3.93. The number of halogens is 3. The van der Waals surface area contributed by atoms with Gasteiger partial charge in [0.25, 0.3) is 0 Å². The predicted molar refractivity (Wildman–Crippen MR) is 62.8 cm³/mol. The van der Waals surface area contributed by atoms with Gasteiger partial charge in [-0.25, -0.2) is 8.42 Å². The van der Waals surface area contributed by atoms with Crippen LogP contribution in [0.3, 0.4) is 0 Å². The highest BCUT2D eigenvalue weighted by Crippen LogP contribution is 2.29. The maximum Gasteiger partial charge on any atom is 0.416 e. The highest BCUT2D eigenvalue weighted by Gasteiger charge is 2.29. The van der Waals surface area contributed by atoms with Crippen molar-refractivity contribution in [2.75, 3.05) is 12.0 Å². The van der Waals surface area contributed by atoms with E-state index in [1.165, 1.54) is 12.1 Å². The van der Waals surface area contributed by atoms with Crippen molar-refractivity contribution in [3.05, 3.63) is 35.4 Å². The Bertz CT molecular complexity index is 494. The first-order valence-electron chi connectivity index (χ1n) is 5.17. The maximum absolute atomic E-state index is 12.3. The molecule has 0 radical (unpaired) electrons. The van der Waals surface area contributed by atoms with Crippen molar-refractivity contribution < 1.29 is 21.6 Å². The molecule has 2 N–H and O–H groups in total. The van der Waals surface area contributed by atoms with Crippen LogP contribution in [0.5, 0.6) is 0 Å². The van der Waals surface area contributed by atoms with E-state index in [2.05, 4.69) is 0 Å². The van der Waals surface area contributed by atoms with E-state index in [0.29, 0.717) is 5.56 Å². The van der Waals surface area contributed by atoms with Crippen LogP contribution in [-0.4, -0.2) is 26.5 Å². The maximum atomic E-state index is 12.3. The topological polar surface area (TPSA) is 60.2 Å². The number of nitrogens with two attached hydrogens (primary N) is 1. The van der Waals surface area contributed by atoms with E-state index >= 15 is 0 Å². The number of hydrogen-bond acceptors (Lipinski definition) is 3. The average molecular weight is 281 g/mol. The lowest BCUT2D eigenvalue weighted by Gasteiger charge is -2.11. The van der Waals surface area contributed by atoms with Gasteiger partial charge in [0.1, 0.15) is 9.84 Å². The molecule has 1 unspecified atom stereocenters. The summed E-state index contributed by atoms with van der Waals surface area (Å²) < 4.78 is 58.9. The van der Waals surface area contributed by atoms with Gasteiger partial charge in [0.2, 0.25) is 0 Å². The minimum absolute atomic E-state index is 0.186. The number of hydrogen-bond donors (Lipinski definition) is 1. The zero-order valence-corrected chi connectivity index (χ0v) is 10.6. The van der Waals surface area contributed by atoms with Crippen molar-refractivity contribution in [3.8, 4) is 0 Å². The van der Waals surface area contributed by atoms with Crippen molar-refractivity contribution in [1.29, 1.82) is 0 Å². The summed E-state index contributed by atoms with van der Waals surface area (Å²) >= 11 is 0. The Labute approximate surface area is 104 Å². The van der Waals surface area contributed by atoms with E-state index in [1.54, 1.807) is 0 Å². The van der Waals surface area contributed by atoms with Crippen molar-refractivity contribution in [2.45, 2.75) is 18.6 Å². The SMILES string of the molecule is CS(=O)(=O)CC(N)Cc1ccc(C(F)(F)F)cc1.